The molecule has 0 spiro atoms. The molecule has 0 radical (unpaired) electrons. The number of benzene rings is 1. The topological polar surface area (TPSA) is 66.9 Å². The van der Waals surface area contributed by atoms with Crippen molar-refractivity contribution >= 4 is 24.2 Å². The van der Waals surface area contributed by atoms with Crippen LogP contribution in [0, 0.1) is 5.92 Å². The second-order valence-electron chi connectivity index (χ2n) is 8.63. The summed E-state index contributed by atoms with van der Waals surface area (Å²) < 4.78 is 5.65. The van der Waals surface area contributed by atoms with Gasteiger partial charge < -0.3 is 19.3 Å². The Morgan fingerprint density at radius 3 is 2.63 bits per heavy atom. The normalized spacial score (nSPS) is 30.5. The molecule has 3 unspecified atom stereocenters. The molecule has 1 saturated carbocycles. The van der Waals surface area contributed by atoms with Crippen LogP contribution >= 0.6 is 0 Å². The molecule has 3 aliphatic rings. The molecule has 5 atom stereocenters. The number of piperazine rings is 1. The number of fused-ring (bicyclic) bond motifs is 3. The minimum atomic E-state index is -1.32. The third-order valence-electron chi connectivity index (χ3n) is 6.91. The van der Waals surface area contributed by atoms with Crippen LogP contribution in [0.5, 0.6) is 0 Å². The lowest BCUT2D eigenvalue weighted by molar-refractivity contribution is -0.168. The predicted octanol–water partition coefficient (Wildman–Crippen LogP) is 2.67. The number of rotatable bonds is 7. The summed E-state index contributed by atoms with van der Waals surface area (Å²) in [6.45, 7) is 4.03. The van der Waals surface area contributed by atoms with Crippen molar-refractivity contribution in [2.75, 3.05) is 13.2 Å². The van der Waals surface area contributed by atoms with Crippen LogP contribution in [0.25, 0.3) is 6.08 Å². The fourth-order valence-electron chi connectivity index (χ4n) is 5.47. The Bertz CT molecular complexity index is 839. The summed E-state index contributed by atoms with van der Waals surface area (Å²) >= 11 is 0. The summed E-state index contributed by atoms with van der Waals surface area (Å²) in [5.41, 5.74) is -0.400. The van der Waals surface area contributed by atoms with Gasteiger partial charge in [0, 0.05) is 12.6 Å². The van der Waals surface area contributed by atoms with E-state index in [2.05, 4.69) is 0 Å². The van der Waals surface area contributed by atoms with E-state index in [0.717, 1.165) is 31.1 Å². The zero-order valence-corrected chi connectivity index (χ0v) is 17.7. The zero-order valence-electron chi connectivity index (χ0n) is 17.7. The Balaban J connectivity index is 1.70. The molecular formula is C24H30N2O4. The second kappa shape index (κ2) is 8.34. The molecule has 2 heterocycles. The Hall–Kier alpha value is -2.47. The molecule has 6 heteroatoms. The molecule has 0 bridgehead atoms. The minimum absolute atomic E-state index is 0.0271. The van der Waals surface area contributed by atoms with E-state index in [1.54, 1.807) is 13.0 Å². The van der Waals surface area contributed by atoms with Gasteiger partial charge in [0.15, 0.2) is 6.29 Å². The van der Waals surface area contributed by atoms with Crippen LogP contribution in [0.15, 0.2) is 36.4 Å². The minimum Gasteiger partial charge on any atom is -0.378 e. The van der Waals surface area contributed by atoms with E-state index in [4.69, 9.17) is 4.74 Å². The van der Waals surface area contributed by atoms with Gasteiger partial charge in [-0.2, -0.15) is 0 Å². The molecule has 1 aromatic carbocycles. The number of carbonyl (C=O) groups excluding carboxylic acids is 3. The highest BCUT2D eigenvalue weighted by atomic mass is 16.5. The summed E-state index contributed by atoms with van der Waals surface area (Å²) in [6.07, 6.45) is 8.16. The molecule has 2 amide bonds. The summed E-state index contributed by atoms with van der Waals surface area (Å²) in [6, 6.07) is 8.61. The summed E-state index contributed by atoms with van der Waals surface area (Å²) in [7, 11) is 0. The highest BCUT2D eigenvalue weighted by Gasteiger charge is 2.58. The van der Waals surface area contributed by atoms with E-state index in [9.17, 15) is 14.4 Å². The molecule has 0 N–H and O–H groups in total. The fourth-order valence-corrected chi connectivity index (χ4v) is 5.47. The fraction of sp³-hybridized carbons (Fsp3) is 0.542. The molecule has 1 aliphatic carbocycles. The van der Waals surface area contributed by atoms with E-state index in [0.29, 0.717) is 18.9 Å². The van der Waals surface area contributed by atoms with Crippen molar-refractivity contribution in [1.82, 2.24) is 9.80 Å². The number of hydrogen-bond donors (Lipinski definition) is 0. The third-order valence-corrected chi connectivity index (χ3v) is 6.91. The summed E-state index contributed by atoms with van der Waals surface area (Å²) in [4.78, 5) is 42.8. The van der Waals surface area contributed by atoms with Gasteiger partial charge in [-0.1, -0.05) is 42.8 Å². The van der Waals surface area contributed by atoms with E-state index < -0.39 is 17.6 Å². The summed E-state index contributed by atoms with van der Waals surface area (Å²) in [5.74, 6) is 0.207. The number of hydrogen-bond acceptors (Lipinski definition) is 4. The van der Waals surface area contributed by atoms with Gasteiger partial charge in [0.25, 0.3) is 0 Å². The zero-order chi connectivity index (χ0) is 21.3. The van der Waals surface area contributed by atoms with Gasteiger partial charge in [0.05, 0.1) is 6.61 Å². The SMILES string of the molecule is CCOC[C@@](C=O)(/C=C/c1ccccc1)N1C(=O)C2CC3CCCC3N2C(=O)[C@@H]1C. The van der Waals surface area contributed by atoms with Crippen LogP contribution in [0.2, 0.25) is 0 Å². The van der Waals surface area contributed by atoms with Gasteiger partial charge in [-0.15, -0.1) is 0 Å². The van der Waals surface area contributed by atoms with E-state index >= 15 is 0 Å². The average molecular weight is 411 g/mol. The third kappa shape index (κ3) is 3.37. The number of nitrogens with zero attached hydrogens (tertiary/aromatic N) is 2. The maximum absolute atomic E-state index is 13.7. The van der Waals surface area contributed by atoms with Crippen molar-refractivity contribution in [3.63, 3.8) is 0 Å². The number of aldehydes is 1. The smallest absolute Gasteiger partial charge is 0.247 e. The Kier molecular flexibility index (Phi) is 5.78. The van der Waals surface area contributed by atoms with Crippen LogP contribution in [0.3, 0.4) is 0 Å². The van der Waals surface area contributed by atoms with Crippen molar-refractivity contribution in [3.05, 3.63) is 42.0 Å². The van der Waals surface area contributed by atoms with Gasteiger partial charge in [-0.25, -0.2) is 0 Å². The monoisotopic (exact) mass is 410 g/mol. The first kappa shape index (κ1) is 20.8. The van der Waals surface area contributed by atoms with Gasteiger partial charge in [0.2, 0.25) is 11.8 Å². The van der Waals surface area contributed by atoms with Gasteiger partial charge in [-0.3, -0.25) is 9.59 Å². The first-order valence-corrected chi connectivity index (χ1v) is 11.0. The van der Waals surface area contributed by atoms with Crippen molar-refractivity contribution in [2.45, 2.75) is 63.2 Å². The molecule has 2 aliphatic heterocycles. The molecule has 4 rings (SSSR count). The molecule has 30 heavy (non-hydrogen) atoms. The van der Waals surface area contributed by atoms with Crippen molar-refractivity contribution in [3.8, 4) is 0 Å². The number of ether oxygens (including phenoxy) is 1. The Labute approximate surface area is 177 Å². The van der Waals surface area contributed by atoms with Crippen LogP contribution in [0.4, 0.5) is 0 Å². The van der Waals surface area contributed by atoms with Gasteiger partial charge in [0.1, 0.15) is 17.6 Å². The lowest BCUT2D eigenvalue weighted by Crippen LogP contribution is -2.70. The highest BCUT2D eigenvalue weighted by Crippen LogP contribution is 2.45. The van der Waals surface area contributed by atoms with E-state index in [1.807, 2.05) is 48.2 Å². The van der Waals surface area contributed by atoms with Gasteiger partial charge >= 0.3 is 0 Å². The molecule has 0 aromatic heterocycles. The van der Waals surface area contributed by atoms with Crippen LogP contribution in [-0.4, -0.2) is 64.8 Å². The number of amides is 2. The number of carbonyl (C=O) groups is 3. The van der Waals surface area contributed by atoms with Crippen molar-refractivity contribution < 1.29 is 19.1 Å². The average Bonchev–Trinajstić information content (AvgIpc) is 3.36. The Morgan fingerprint density at radius 2 is 1.93 bits per heavy atom. The lowest BCUT2D eigenvalue weighted by atomic mass is 9.91. The molecule has 1 aromatic rings. The second-order valence-corrected chi connectivity index (χ2v) is 8.63. The molecule has 2 saturated heterocycles. The lowest BCUT2D eigenvalue weighted by Gasteiger charge is -2.49. The first-order valence-electron chi connectivity index (χ1n) is 11.0. The van der Waals surface area contributed by atoms with Crippen LogP contribution < -0.4 is 0 Å². The van der Waals surface area contributed by atoms with Crippen LogP contribution in [-0.2, 0) is 19.1 Å². The molecular weight excluding hydrogens is 380 g/mol. The molecule has 3 fully saturated rings. The maximum Gasteiger partial charge on any atom is 0.247 e. The Morgan fingerprint density at radius 1 is 1.17 bits per heavy atom. The predicted molar refractivity (Wildman–Crippen MR) is 113 cm³/mol. The summed E-state index contributed by atoms with van der Waals surface area (Å²) in [5, 5.41) is 0. The first-order chi connectivity index (χ1) is 14.5. The van der Waals surface area contributed by atoms with Gasteiger partial charge in [-0.05, 0) is 50.7 Å². The molecule has 6 nitrogen and oxygen atoms in total. The quantitative estimate of drug-likeness (QED) is 0.648. The van der Waals surface area contributed by atoms with E-state index in [1.165, 1.54) is 4.90 Å². The van der Waals surface area contributed by atoms with Crippen molar-refractivity contribution in [1.29, 1.82) is 0 Å². The molecule has 160 valence electrons. The van der Waals surface area contributed by atoms with Crippen molar-refractivity contribution in [2.24, 2.45) is 5.92 Å². The standard InChI is InChI=1S/C24H30N2O4/c1-3-30-16-24(15-27,13-12-18-8-5-4-6-9-18)26-17(2)22(28)25-20-11-7-10-19(20)14-21(25)23(26)29/h4-6,8-9,12-13,15,17,19-21H,3,7,10-11,14,16H2,1-2H3/b13-12+/t17-,19?,20?,21?,24-/m0/s1. The van der Waals surface area contributed by atoms with Crippen LogP contribution in [0.1, 0.15) is 45.1 Å². The highest BCUT2D eigenvalue weighted by molar-refractivity contribution is 6.00. The largest absolute Gasteiger partial charge is 0.378 e. The maximum atomic E-state index is 13.7. The van der Waals surface area contributed by atoms with E-state index in [-0.39, 0.29) is 24.5 Å².